The van der Waals surface area contributed by atoms with Gasteiger partial charge in [-0.3, -0.25) is 0 Å². The standard InChI is InChI=1S/C34H40NO4.HI/c1-4-14-35-20-28(15-27-16-29(21-36)30(22-37)18-32(27)35)26-17-31(34(39-3)33(19-26)38-2)25-12-10-24(11-13-25)23-8-6-5-7-9-23;/h10-13,15-20,23,36-37H,4-9,14,21-22H2,1-3H3;1H/q+1;/p-1. The van der Waals surface area contributed by atoms with E-state index in [-0.39, 0.29) is 37.2 Å². The molecule has 3 aromatic carbocycles. The first-order valence-electron chi connectivity index (χ1n) is 14.2. The molecule has 0 unspecified atom stereocenters. The Balaban J connectivity index is 0.00000370. The second-order valence-electron chi connectivity index (χ2n) is 10.6. The first-order valence-corrected chi connectivity index (χ1v) is 14.2. The fourth-order valence-electron chi connectivity index (χ4n) is 6.10. The van der Waals surface area contributed by atoms with Gasteiger partial charge in [0.2, 0.25) is 5.52 Å². The van der Waals surface area contributed by atoms with E-state index in [9.17, 15) is 10.2 Å². The summed E-state index contributed by atoms with van der Waals surface area (Å²) in [7, 11) is 3.37. The summed E-state index contributed by atoms with van der Waals surface area (Å²) in [5.74, 6) is 2.08. The fraction of sp³-hybridized carbons (Fsp3) is 0.382. The summed E-state index contributed by atoms with van der Waals surface area (Å²) in [5.41, 5.74) is 8.15. The van der Waals surface area contributed by atoms with Crippen LogP contribution in [0.2, 0.25) is 0 Å². The van der Waals surface area contributed by atoms with Crippen LogP contribution in [0.3, 0.4) is 0 Å². The highest BCUT2D eigenvalue weighted by Gasteiger charge is 2.20. The average Bonchev–Trinajstić information content (AvgIpc) is 3.00. The number of aliphatic hydroxyl groups excluding tert-OH is 2. The van der Waals surface area contributed by atoms with Crippen LogP contribution >= 0.6 is 0 Å². The van der Waals surface area contributed by atoms with E-state index in [1.54, 1.807) is 14.2 Å². The second kappa shape index (κ2) is 13.8. The van der Waals surface area contributed by atoms with Crippen LogP contribution in [0.5, 0.6) is 11.5 Å². The smallest absolute Gasteiger partial charge is 0.212 e. The van der Waals surface area contributed by atoms with E-state index in [0.717, 1.165) is 63.0 Å². The largest absolute Gasteiger partial charge is 1.00 e. The van der Waals surface area contributed by atoms with Crippen LogP contribution in [0.1, 0.15) is 68.1 Å². The maximum absolute atomic E-state index is 9.91. The Labute approximate surface area is 254 Å². The quantitative estimate of drug-likeness (QED) is 0.213. The summed E-state index contributed by atoms with van der Waals surface area (Å²) in [6, 6.07) is 19.3. The lowest BCUT2D eigenvalue weighted by Gasteiger charge is -2.22. The average molecular weight is 654 g/mol. The summed E-state index contributed by atoms with van der Waals surface area (Å²) in [6.07, 6.45) is 9.71. The van der Waals surface area contributed by atoms with E-state index >= 15 is 0 Å². The second-order valence-corrected chi connectivity index (χ2v) is 10.6. The number of methoxy groups -OCH3 is 2. The highest BCUT2D eigenvalue weighted by molar-refractivity contribution is 5.86. The molecule has 0 bridgehead atoms. The Kier molecular flexibility index (Phi) is 10.4. The third-order valence-corrected chi connectivity index (χ3v) is 8.18. The maximum Gasteiger partial charge on any atom is 0.212 e. The maximum atomic E-state index is 9.91. The van der Waals surface area contributed by atoms with Crippen molar-refractivity contribution < 1.29 is 48.2 Å². The Morgan fingerprint density at radius 1 is 0.800 bits per heavy atom. The lowest BCUT2D eigenvalue weighted by molar-refractivity contribution is -0.670. The molecule has 212 valence electrons. The zero-order valence-electron chi connectivity index (χ0n) is 23.8. The van der Waals surface area contributed by atoms with Crippen molar-refractivity contribution >= 4 is 10.9 Å². The topological polar surface area (TPSA) is 62.8 Å². The van der Waals surface area contributed by atoms with E-state index in [1.807, 2.05) is 18.2 Å². The van der Waals surface area contributed by atoms with Gasteiger partial charge in [-0.05, 0) is 70.8 Å². The number of aromatic nitrogens is 1. The van der Waals surface area contributed by atoms with Crippen LogP contribution in [0.25, 0.3) is 33.2 Å². The summed E-state index contributed by atoms with van der Waals surface area (Å²) < 4.78 is 13.9. The molecule has 0 spiro atoms. The van der Waals surface area contributed by atoms with Gasteiger partial charge >= 0.3 is 0 Å². The van der Waals surface area contributed by atoms with E-state index < -0.39 is 0 Å². The number of hydrogen-bond acceptors (Lipinski definition) is 4. The van der Waals surface area contributed by atoms with Crippen LogP contribution in [0.4, 0.5) is 0 Å². The number of halogens is 1. The molecule has 1 fully saturated rings. The highest BCUT2D eigenvalue weighted by Crippen LogP contribution is 2.43. The van der Waals surface area contributed by atoms with Crippen LogP contribution in [-0.4, -0.2) is 24.4 Å². The van der Waals surface area contributed by atoms with Gasteiger partial charge in [-0.25, -0.2) is 0 Å². The number of benzene rings is 3. The number of rotatable bonds is 9. The molecule has 0 aliphatic heterocycles. The molecule has 2 N–H and O–H groups in total. The SMILES string of the molecule is CCC[n+]1cc(-c2cc(OC)c(OC)c(-c3ccc(C4CCCCC4)cc3)c2)cc2cc(CO)c(CO)cc21.[I-]. The van der Waals surface area contributed by atoms with Crippen LogP contribution in [0.15, 0.2) is 60.8 Å². The van der Waals surface area contributed by atoms with Gasteiger partial charge in [-0.2, -0.15) is 4.57 Å². The van der Waals surface area contributed by atoms with Gasteiger partial charge in [0, 0.05) is 29.0 Å². The van der Waals surface area contributed by atoms with Gasteiger partial charge in [0.1, 0.15) is 6.54 Å². The minimum Gasteiger partial charge on any atom is -1.00 e. The molecule has 5 rings (SSSR count). The molecular formula is C34H40INO4. The predicted octanol–water partition coefficient (Wildman–Crippen LogP) is 3.92. The van der Waals surface area contributed by atoms with Gasteiger partial charge in [0.05, 0.1) is 27.4 Å². The Morgan fingerprint density at radius 2 is 1.50 bits per heavy atom. The molecule has 0 radical (unpaired) electrons. The molecule has 1 aromatic heterocycles. The van der Waals surface area contributed by atoms with E-state index in [4.69, 9.17) is 9.47 Å². The number of nitrogens with zero attached hydrogens (tertiary/aromatic N) is 1. The summed E-state index contributed by atoms with van der Waals surface area (Å²) in [6.45, 7) is 2.79. The molecule has 6 heteroatoms. The molecule has 1 aliphatic carbocycles. The first-order chi connectivity index (χ1) is 19.1. The molecule has 1 heterocycles. The van der Waals surface area contributed by atoms with Crippen molar-refractivity contribution in [3.63, 3.8) is 0 Å². The molecule has 40 heavy (non-hydrogen) atoms. The van der Waals surface area contributed by atoms with Gasteiger partial charge < -0.3 is 43.7 Å². The van der Waals surface area contributed by atoms with Gasteiger partial charge in [0.15, 0.2) is 17.7 Å². The zero-order chi connectivity index (χ0) is 27.4. The molecule has 0 amide bonds. The lowest BCUT2D eigenvalue weighted by Crippen LogP contribution is -3.00. The van der Waals surface area contributed by atoms with Crippen LogP contribution < -0.4 is 38.0 Å². The molecule has 1 aliphatic rings. The van der Waals surface area contributed by atoms with Gasteiger partial charge in [-0.1, -0.05) is 50.5 Å². The number of aliphatic hydroxyl groups is 2. The molecule has 5 nitrogen and oxygen atoms in total. The normalized spacial score (nSPS) is 13.7. The van der Waals surface area contributed by atoms with Crippen molar-refractivity contribution in [2.75, 3.05) is 14.2 Å². The minimum atomic E-state index is -0.110. The lowest BCUT2D eigenvalue weighted by atomic mass is 9.83. The van der Waals surface area contributed by atoms with Crippen molar-refractivity contribution in [1.82, 2.24) is 0 Å². The summed E-state index contributed by atoms with van der Waals surface area (Å²) >= 11 is 0. The Bertz CT molecular complexity index is 1450. The van der Waals surface area contributed by atoms with E-state index in [0.29, 0.717) is 11.7 Å². The monoisotopic (exact) mass is 653 g/mol. The molecule has 1 saturated carbocycles. The van der Waals surface area contributed by atoms with Crippen molar-refractivity contribution in [1.29, 1.82) is 0 Å². The van der Waals surface area contributed by atoms with Crippen LogP contribution in [-0.2, 0) is 19.8 Å². The van der Waals surface area contributed by atoms with Crippen molar-refractivity contribution in [2.24, 2.45) is 0 Å². The van der Waals surface area contributed by atoms with Crippen molar-refractivity contribution in [2.45, 2.75) is 71.1 Å². The number of aryl methyl sites for hydroxylation is 1. The minimum absolute atomic E-state index is 0. The predicted molar refractivity (Wildman–Crippen MR) is 156 cm³/mol. The Morgan fingerprint density at radius 3 is 2.12 bits per heavy atom. The Hall–Kier alpha value is -2.68. The van der Waals surface area contributed by atoms with Crippen molar-refractivity contribution in [3.8, 4) is 33.8 Å². The zero-order valence-corrected chi connectivity index (χ0v) is 25.9. The molecular weight excluding hydrogens is 613 g/mol. The number of pyridine rings is 1. The van der Waals surface area contributed by atoms with E-state index in [2.05, 4.69) is 54.1 Å². The number of fused-ring (bicyclic) bond motifs is 1. The highest BCUT2D eigenvalue weighted by atomic mass is 127. The van der Waals surface area contributed by atoms with Crippen LogP contribution in [0, 0.1) is 0 Å². The number of ether oxygens (including phenoxy) is 2. The van der Waals surface area contributed by atoms with Gasteiger partial charge in [-0.15, -0.1) is 0 Å². The first kappa shape index (κ1) is 30.3. The number of hydrogen-bond donors (Lipinski definition) is 2. The molecule has 4 aromatic rings. The van der Waals surface area contributed by atoms with Crippen molar-refractivity contribution in [3.05, 3.63) is 77.5 Å². The summed E-state index contributed by atoms with van der Waals surface area (Å²) in [4.78, 5) is 0. The van der Waals surface area contributed by atoms with Gasteiger partial charge in [0.25, 0.3) is 0 Å². The fourth-order valence-corrected chi connectivity index (χ4v) is 6.10. The third kappa shape index (κ3) is 6.14. The molecule has 0 atom stereocenters. The molecule has 0 saturated heterocycles. The summed E-state index contributed by atoms with van der Waals surface area (Å²) in [5, 5.41) is 20.8. The van der Waals surface area contributed by atoms with E-state index in [1.165, 1.54) is 37.7 Å². The third-order valence-electron chi connectivity index (χ3n) is 8.18.